The number of carbonyl (C=O) groups excluding carboxylic acids is 2. The van der Waals surface area contributed by atoms with Gasteiger partial charge in [-0.05, 0) is 25.7 Å². The Kier molecular flexibility index (Phi) is 9.21. The Bertz CT molecular complexity index is 400. The third-order valence-corrected chi connectivity index (χ3v) is 4.04. The smallest absolute Gasteiger partial charge is 0.308 e. The molecule has 0 aliphatic carbocycles. The molecule has 2 unspecified atom stereocenters. The number of carbonyl (C=O) groups is 2. The van der Waals surface area contributed by atoms with Gasteiger partial charge in [-0.2, -0.15) is 0 Å². The quantitative estimate of drug-likeness (QED) is 0.407. The Labute approximate surface area is 144 Å². The first-order valence-electron chi connectivity index (χ1n) is 8.11. The van der Waals surface area contributed by atoms with Crippen LogP contribution in [0.4, 0.5) is 0 Å². The topological polar surface area (TPSA) is 67.9 Å². The van der Waals surface area contributed by atoms with Gasteiger partial charge in [0.1, 0.15) is 6.61 Å². The van der Waals surface area contributed by atoms with Crippen molar-refractivity contribution in [3.05, 3.63) is 12.7 Å². The lowest BCUT2D eigenvalue weighted by atomic mass is 10.1. The normalized spacial score (nSPS) is 24.2. The van der Waals surface area contributed by atoms with Gasteiger partial charge in [0.05, 0.1) is 18.6 Å². The molecule has 6 nitrogen and oxygen atoms in total. The molecular weight excluding hydrogens is 320 g/mol. The number of nitrogens with one attached hydrogen (secondary N) is 1. The number of hydrogen-bond donors (Lipinski definition) is 1. The van der Waals surface area contributed by atoms with E-state index in [0.29, 0.717) is 26.2 Å². The predicted octanol–water partition coefficient (Wildman–Crippen LogP) is 1.29. The van der Waals surface area contributed by atoms with Crippen LogP contribution >= 0.6 is 12.4 Å². The molecule has 0 aromatic heterocycles. The van der Waals surface area contributed by atoms with Gasteiger partial charge in [-0.3, -0.25) is 9.59 Å². The molecule has 0 aromatic rings. The molecule has 0 radical (unpaired) electrons. The number of rotatable bonds is 8. The van der Waals surface area contributed by atoms with E-state index in [1.54, 1.807) is 0 Å². The van der Waals surface area contributed by atoms with Gasteiger partial charge in [-0.1, -0.05) is 6.08 Å². The number of unbranched alkanes of at least 4 members (excludes halogenated alkanes) is 1. The Morgan fingerprint density at radius 2 is 2.35 bits per heavy atom. The first-order chi connectivity index (χ1) is 10.7. The zero-order valence-corrected chi connectivity index (χ0v) is 14.3. The minimum atomic E-state index is -0.463. The van der Waals surface area contributed by atoms with Crippen LogP contribution in [-0.4, -0.2) is 61.8 Å². The van der Waals surface area contributed by atoms with Crippen LogP contribution in [0.1, 0.15) is 32.1 Å². The minimum Gasteiger partial charge on any atom is -0.463 e. The van der Waals surface area contributed by atoms with Crippen molar-refractivity contribution in [1.29, 1.82) is 0 Å². The van der Waals surface area contributed by atoms with Crippen LogP contribution in [0.5, 0.6) is 0 Å². The van der Waals surface area contributed by atoms with Crippen LogP contribution in [0.15, 0.2) is 12.7 Å². The maximum Gasteiger partial charge on any atom is 0.308 e. The summed E-state index contributed by atoms with van der Waals surface area (Å²) in [5, 5.41) is 3.10. The lowest BCUT2D eigenvalue weighted by Gasteiger charge is -2.32. The van der Waals surface area contributed by atoms with Crippen molar-refractivity contribution < 1.29 is 19.1 Å². The van der Waals surface area contributed by atoms with E-state index in [1.807, 2.05) is 11.0 Å². The summed E-state index contributed by atoms with van der Waals surface area (Å²) in [5.74, 6) is -0.348. The molecule has 132 valence electrons. The third kappa shape index (κ3) is 6.49. The standard InChI is InChI=1S/C16H26N2O4.ClH/c1-2-3-4-8-18-9-7-17-14(16(18)20)11-15(19)22-12-13-6-5-10-21-13;/h2,13-14,17H,1,3-12H2;1H. The van der Waals surface area contributed by atoms with Crippen LogP contribution in [0.25, 0.3) is 0 Å². The number of hydrogen-bond acceptors (Lipinski definition) is 5. The molecule has 2 saturated heterocycles. The average Bonchev–Trinajstić information content (AvgIpc) is 3.02. The molecule has 0 saturated carbocycles. The van der Waals surface area contributed by atoms with E-state index < -0.39 is 6.04 Å². The molecule has 0 spiro atoms. The van der Waals surface area contributed by atoms with Gasteiger partial charge in [0.25, 0.3) is 0 Å². The second-order valence-corrected chi connectivity index (χ2v) is 5.79. The molecule has 2 rings (SSSR count). The van der Waals surface area contributed by atoms with Crippen molar-refractivity contribution in [2.45, 2.75) is 44.2 Å². The molecule has 2 atom stereocenters. The molecule has 1 N–H and O–H groups in total. The average molecular weight is 347 g/mol. The number of amides is 1. The molecule has 2 aliphatic heterocycles. The summed E-state index contributed by atoms with van der Waals surface area (Å²) in [4.78, 5) is 26.0. The fraction of sp³-hybridized carbons (Fsp3) is 0.750. The molecule has 2 aliphatic rings. The van der Waals surface area contributed by atoms with E-state index in [-0.39, 0.29) is 36.8 Å². The maximum absolute atomic E-state index is 12.3. The second-order valence-electron chi connectivity index (χ2n) is 5.79. The van der Waals surface area contributed by atoms with Gasteiger partial charge in [0, 0.05) is 26.2 Å². The van der Waals surface area contributed by atoms with Gasteiger partial charge in [-0.25, -0.2) is 0 Å². The van der Waals surface area contributed by atoms with Crippen molar-refractivity contribution in [2.75, 3.05) is 32.8 Å². The number of nitrogens with zero attached hydrogens (tertiary/aromatic N) is 1. The highest BCUT2D eigenvalue weighted by Gasteiger charge is 2.30. The van der Waals surface area contributed by atoms with Gasteiger partial charge in [-0.15, -0.1) is 19.0 Å². The number of ether oxygens (including phenoxy) is 2. The van der Waals surface area contributed by atoms with Crippen molar-refractivity contribution in [2.24, 2.45) is 0 Å². The van der Waals surface area contributed by atoms with Gasteiger partial charge >= 0.3 is 5.97 Å². The number of esters is 1. The van der Waals surface area contributed by atoms with Gasteiger partial charge < -0.3 is 19.7 Å². The molecule has 2 fully saturated rings. The highest BCUT2D eigenvalue weighted by atomic mass is 35.5. The van der Waals surface area contributed by atoms with Crippen LogP contribution in [0.3, 0.4) is 0 Å². The molecule has 7 heteroatoms. The van der Waals surface area contributed by atoms with Crippen LogP contribution in [-0.2, 0) is 19.1 Å². The van der Waals surface area contributed by atoms with Crippen LogP contribution in [0, 0.1) is 0 Å². The van der Waals surface area contributed by atoms with Crippen molar-refractivity contribution in [3.63, 3.8) is 0 Å². The van der Waals surface area contributed by atoms with Gasteiger partial charge in [0.2, 0.25) is 5.91 Å². The van der Waals surface area contributed by atoms with E-state index in [1.165, 1.54) is 0 Å². The first kappa shape index (κ1) is 19.9. The lowest BCUT2D eigenvalue weighted by Crippen LogP contribution is -2.55. The predicted molar refractivity (Wildman–Crippen MR) is 89.6 cm³/mol. The fourth-order valence-electron chi connectivity index (χ4n) is 2.79. The van der Waals surface area contributed by atoms with Crippen molar-refractivity contribution >= 4 is 24.3 Å². The number of allylic oxidation sites excluding steroid dienone is 1. The molecular formula is C16H27ClN2O4. The first-order valence-corrected chi connectivity index (χ1v) is 8.11. The second kappa shape index (κ2) is 10.6. The Hall–Kier alpha value is -1.11. The summed E-state index contributed by atoms with van der Waals surface area (Å²) in [5.41, 5.74) is 0. The van der Waals surface area contributed by atoms with E-state index in [2.05, 4.69) is 11.9 Å². The highest BCUT2D eigenvalue weighted by molar-refractivity contribution is 5.87. The fourth-order valence-corrected chi connectivity index (χ4v) is 2.79. The molecule has 2 heterocycles. The van der Waals surface area contributed by atoms with Gasteiger partial charge in [0.15, 0.2) is 0 Å². The third-order valence-electron chi connectivity index (χ3n) is 4.04. The monoisotopic (exact) mass is 346 g/mol. The zero-order chi connectivity index (χ0) is 15.8. The van der Waals surface area contributed by atoms with E-state index in [0.717, 1.165) is 32.3 Å². The molecule has 0 aromatic carbocycles. The summed E-state index contributed by atoms with van der Waals surface area (Å²) in [6, 6.07) is -0.463. The molecule has 1 amide bonds. The van der Waals surface area contributed by atoms with E-state index in [4.69, 9.17) is 9.47 Å². The largest absolute Gasteiger partial charge is 0.463 e. The lowest BCUT2D eigenvalue weighted by molar-refractivity contribution is -0.151. The Morgan fingerprint density at radius 1 is 1.52 bits per heavy atom. The van der Waals surface area contributed by atoms with Crippen LogP contribution in [0.2, 0.25) is 0 Å². The molecule has 23 heavy (non-hydrogen) atoms. The Balaban J connectivity index is 0.00000264. The summed E-state index contributed by atoms with van der Waals surface area (Å²) in [6.45, 7) is 6.84. The van der Waals surface area contributed by atoms with E-state index >= 15 is 0 Å². The number of piperazine rings is 1. The molecule has 0 bridgehead atoms. The highest BCUT2D eigenvalue weighted by Crippen LogP contribution is 2.13. The summed E-state index contributed by atoms with van der Waals surface area (Å²) < 4.78 is 10.6. The maximum atomic E-state index is 12.3. The van der Waals surface area contributed by atoms with Crippen molar-refractivity contribution in [3.8, 4) is 0 Å². The van der Waals surface area contributed by atoms with Crippen LogP contribution < -0.4 is 5.32 Å². The van der Waals surface area contributed by atoms with Crippen molar-refractivity contribution in [1.82, 2.24) is 10.2 Å². The minimum absolute atomic E-state index is 0. The van der Waals surface area contributed by atoms with E-state index in [9.17, 15) is 9.59 Å². The summed E-state index contributed by atoms with van der Waals surface area (Å²) in [7, 11) is 0. The number of halogens is 1. The Morgan fingerprint density at radius 3 is 3.04 bits per heavy atom. The zero-order valence-electron chi connectivity index (χ0n) is 13.5. The SMILES string of the molecule is C=CCCCN1CCNC(CC(=O)OCC2CCCO2)C1=O.Cl. The summed E-state index contributed by atoms with van der Waals surface area (Å²) in [6.07, 6.45) is 5.72. The summed E-state index contributed by atoms with van der Waals surface area (Å²) >= 11 is 0.